The predicted molar refractivity (Wildman–Crippen MR) is 112 cm³/mol. The van der Waals surface area contributed by atoms with E-state index in [0.29, 0.717) is 6.54 Å². The van der Waals surface area contributed by atoms with Crippen LogP contribution in [0.25, 0.3) is 0 Å². The molecule has 0 aliphatic rings. The van der Waals surface area contributed by atoms with Crippen molar-refractivity contribution >= 4 is 58.6 Å². The van der Waals surface area contributed by atoms with Crippen molar-refractivity contribution in [2.45, 2.75) is 0 Å². The molecule has 1 rings (SSSR count). The molecule has 0 unspecified atom stereocenters. The van der Waals surface area contributed by atoms with Crippen LogP contribution in [0.15, 0.2) is 12.1 Å². The van der Waals surface area contributed by atoms with Gasteiger partial charge in [0.05, 0.1) is 15.9 Å². The summed E-state index contributed by atoms with van der Waals surface area (Å²) in [4.78, 5) is 37.0. The monoisotopic (exact) mass is 457 g/mol. The van der Waals surface area contributed by atoms with Gasteiger partial charge in [-0.2, -0.15) is 0 Å². The van der Waals surface area contributed by atoms with Gasteiger partial charge in [0.15, 0.2) is 0 Å². The molecule has 0 aliphatic heterocycles. The quantitative estimate of drug-likeness (QED) is 0.307. The second-order valence-electron chi connectivity index (χ2n) is 5.80. The zero-order valence-electron chi connectivity index (χ0n) is 15.4. The van der Waals surface area contributed by atoms with Crippen molar-refractivity contribution in [3.63, 3.8) is 0 Å². The molecule has 0 aliphatic carbocycles. The lowest BCUT2D eigenvalue weighted by atomic mass is 10.1. The smallest absolute Gasteiger partial charge is 0.299 e. The zero-order chi connectivity index (χ0) is 20.6. The maximum Gasteiger partial charge on any atom is 0.299 e. The molecule has 1 N–H and O–H groups in total. The summed E-state index contributed by atoms with van der Waals surface area (Å²) in [6.07, 6.45) is 0. The van der Waals surface area contributed by atoms with Crippen LogP contribution in [0, 0.1) is 20.2 Å². The molecule has 0 aromatic heterocycles. The molecule has 0 radical (unpaired) electrons. The Bertz CT molecular complexity index is 699. The summed E-state index contributed by atoms with van der Waals surface area (Å²) < 4.78 is 0. The number of amides is 1. The number of rotatable bonds is 11. The lowest BCUT2D eigenvalue weighted by Crippen LogP contribution is -2.32. The number of nitro benzene ring substituents is 2. The lowest BCUT2D eigenvalue weighted by Gasteiger charge is -2.23. The first-order valence-electron chi connectivity index (χ1n) is 7.99. The molecule has 0 saturated carbocycles. The lowest BCUT2D eigenvalue weighted by molar-refractivity contribution is -0.393. The average molecular weight is 459 g/mol. The highest BCUT2D eigenvalue weighted by atomic mass is 35.5. The number of alkyl halides is 2. The Morgan fingerprint density at radius 2 is 1.57 bits per heavy atom. The van der Waals surface area contributed by atoms with Crippen LogP contribution < -0.4 is 10.2 Å². The van der Waals surface area contributed by atoms with Crippen LogP contribution in [0.4, 0.5) is 17.1 Å². The van der Waals surface area contributed by atoms with E-state index in [1.165, 1.54) is 4.90 Å². The third-order valence-corrected chi connectivity index (χ3v) is 3.96. The Morgan fingerprint density at radius 1 is 1.04 bits per heavy atom. The van der Waals surface area contributed by atoms with Crippen LogP contribution in [-0.2, 0) is 0 Å². The van der Waals surface area contributed by atoms with Gasteiger partial charge in [-0.05, 0) is 20.2 Å². The van der Waals surface area contributed by atoms with Crippen LogP contribution in [0.1, 0.15) is 10.4 Å². The molecule has 28 heavy (non-hydrogen) atoms. The number of carbonyl (C=O) groups is 1. The van der Waals surface area contributed by atoms with E-state index in [9.17, 15) is 25.0 Å². The summed E-state index contributed by atoms with van der Waals surface area (Å²) in [6.45, 7) is 1.26. The first-order valence-corrected chi connectivity index (χ1v) is 9.06. The average Bonchev–Trinajstić information content (AvgIpc) is 2.59. The summed E-state index contributed by atoms with van der Waals surface area (Å²) in [7, 11) is 3.63. The Balaban J connectivity index is 0.00000729. The van der Waals surface area contributed by atoms with E-state index in [1.54, 1.807) is 0 Å². The van der Waals surface area contributed by atoms with Crippen molar-refractivity contribution in [1.29, 1.82) is 0 Å². The Morgan fingerprint density at radius 3 is 2.00 bits per heavy atom. The van der Waals surface area contributed by atoms with Gasteiger partial charge in [0, 0.05) is 37.9 Å². The topological polar surface area (TPSA) is 122 Å². The fraction of sp³-hybridized carbons (Fsp3) is 0.533. The highest BCUT2D eigenvalue weighted by Crippen LogP contribution is 2.35. The van der Waals surface area contributed by atoms with Crippen LogP contribution >= 0.6 is 35.6 Å². The van der Waals surface area contributed by atoms with Crippen LogP contribution in [-0.4, -0.2) is 72.7 Å². The van der Waals surface area contributed by atoms with E-state index in [4.69, 9.17) is 23.2 Å². The molecular formula is C15H22Cl3N5O5. The Hall–Kier alpha value is -1.88. The summed E-state index contributed by atoms with van der Waals surface area (Å²) in [5.74, 6) is -0.360. The molecule has 0 saturated heterocycles. The Labute approximate surface area is 178 Å². The van der Waals surface area contributed by atoms with E-state index in [-0.39, 0.29) is 55.1 Å². The van der Waals surface area contributed by atoms with Gasteiger partial charge >= 0.3 is 0 Å². The number of likely N-dealkylation sites (N-methyl/N-ethyl adjacent to an activating group) is 1. The van der Waals surface area contributed by atoms with Crippen LogP contribution in [0.5, 0.6) is 0 Å². The number of nitrogens with one attached hydrogen (secondary N) is 1. The van der Waals surface area contributed by atoms with Gasteiger partial charge < -0.3 is 15.1 Å². The van der Waals surface area contributed by atoms with Crippen molar-refractivity contribution in [1.82, 2.24) is 10.2 Å². The molecule has 158 valence electrons. The van der Waals surface area contributed by atoms with Crippen molar-refractivity contribution in [3.05, 3.63) is 37.9 Å². The minimum atomic E-state index is -0.814. The van der Waals surface area contributed by atoms with Gasteiger partial charge in [0.25, 0.3) is 17.3 Å². The fourth-order valence-electron chi connectivity index (χ4n) is 2.34. The number of halogens is 3. The van der Waals surface area contributed by atoms with Gasteiger partial charge in [-0.25, -0.2) is 0 Å². The molecule has 0 spiro atoms. The highest BCUT2D eigenvalue weighted by Gasteiger charge is 2.30. The molecule has 0 atom stereocenters. The van der Waals surface area contributed by atoms with E-state index >= 15 is 0 Å². The van der Waals surface area contributed by atoms with Gasteiger partial charge in [0.2, 0.25) is 0 Å². The molecule has 0 heterocycles. The second-order valence-corrected chi connectivity index (χ2v) is 6.55. The van der Waals surface area contributed by atoms with E-state index < -0.39 is 27.1 Å². The number of anilines is 1. The summed E-state index contributed by atoms with van der Waals surface area (Å²) >= 11 is 11.5. The van der Waals surface area contributed by atoms with Crippen molar-refractivity contribution < 1.29 is 14.6 Å². The normalized spacial score (nSPS) is 10.3. The number of hydrogen-bond donors (Lipinski definition) is 1. The molecule has 0 fully saturated rings. The van der Waals surface area contributed by atoms with Gasteiger partial charge in [-0.15, -0.1) is 35.6 Å². The van der Waals surface area contributed by atoms with Gasteiger partial charge in [-0.1, -0.05) is 0 Å². The van der Waals surface area contributed by atoms with E-state index in [1.807, 2.05) is 19.0 Å². The standard InChI is InChI=1S/C15H21Cl2N5O5.ClH/c1-19(2)8-5-18-15(23)11-9-13(20(6-3-16)7-4-17)14(22(26)27)10-12(11)21(24)25;/h9-10H,3-8H2,1-2H3,(H,18,23);1H. The minimum absolute atomic E-state index is 0. The number of nitro groups is 2. The number of hydrogen-bond acceptors (Lipinski definition) is 7. The fourth-order valence-corrected chi connectivity index (χ4v) is 2.75. The molecule has 13 heteroatoms. The third kappa shape index (κ3) is 7.27. The molecule has 10 nitrogen and oxygen atoms in total. The van der Waals surface area contributed by atoms with E-state index in [0.717, 1.165) is 12.1 Å². The molecule has 1 aromatic rings. The number of carbonyl (C=O) groups excluding carboxylic acids is 1. The number of benzene rings is 1. The third-order valence-electron chi connectivity index (χ3n) is 3.63. The van der Waals surface area contributed by atoms with Crippen molar-refractivity contribution in [2.75, 3.05) is 56.9 Å². The second kappa shape index (κ2) is 12.6. The van der Waals surface area contributed by atoms with Crippen molar-refractivity contribution in [2.24, 2.45) is 0 Å². The Kier molecular flexibility index (Phi) is 11.7. The van der Waals surface area contributed by atoms with Gasteiger partial charge in [0.1, 0.15) is 11.3 Å². The highest BCUT2D eigenvalue weighted by molar-refractivity contribution is 6.18. The summed E-state index contributed by atoms with van der Waals surface area (Å²) in [5.41, 5.74) is -1.32. The summed E-state index contributed by atoms with van der Waals surface area (Å²) in [6, 6.07) is 1.95. The zero-order valence-corrected chi connectivity index (χ0v) is 17.7. The van der Waals surface area contributed by atoms with Crippen LogP contribution in [0.3, 0.4) is 0 Å². The number of nitrogens with zero attached hydrogens (tertiary/aromatic N) is 4. The molecular weight excluding hydrogens is 437 g/mol. The summed E-state index contributed by atoms with van der Waals surface area (Å²) in [5, 5.41) is 25.4. The minimum Gasteiger partial charge on any atom is -0.364 e. The van der Waals surface area contributed by atoms with Gasteiger partial charge in [-0.3, -0.25) is 25.0 Å². The van der Waals surface area contributed by atoms with Crippen LogP contribution in [0.2, 0.25) is 0 Å². The van der Waals surface area contributed by atoms with E-state index in [2.05, 4.69) is 5.32 Å². The largest absolute Gasteiger partial charge is 0.364 e. The first kappa shape index (κ1) is 26.1. The molecule has 1 amide bonds. The van der Waals surface area contributed by atoms with Crippen molar-refractivity contribution in [3.8, 4) is 0 Å². The SMILES string of the molecule is CN(C)CCNC(=O)c1cc(N(CCCl)CCCl)c([N+](=O)[O-])cc1[N+](=O)[O-].Cl. The predicted octanol–water partition coefficient (Wildman–Crippen LogP) is 2.50. The maximum absolute atomic E-state index is 12.4. The molecule has 1 aromatic carbocycles. The molecule has 0 bridgehead atoms. The maximum atomic E-state index is 12.4. The first-order chi connectivity index (χ1) is 12.7.